The molecule has 2 aromatic rings. The smallest absolute Gasteiger partial charge is 0.0708 e. The number of aliphatic hydroxyl groups excluding tert-OH is 1. The Morgan fingerprint density at radius 1 is 1.33 bits per heavy atom. The third kappa shape index (κ3) is 3.06. The maximum Gasteiger partial charge on any atom is 0.0708 e. The van der Waals surface area contributed by atoms with Crippen LogP contribution in [0.25, 0.3) is 10.9 Å². The maximum atomic E-state index is 9.41. The van der Waals surface area contributed by atoms with E-state index in [1.54, 1.807) is 0 Å². The predicted molar refractivity (Wildman–Crippen MR) is 74.5 cm³/mol. The van der Waals surface area contributed by atoms with Gasteiger partial charge in [-0.2, -0.15) is 0 Å². The number of rotatable bonds is 4. The molecule has 96 valence electrons. The lowest BCUT2D eigenvalue weighted by Crippen LogP contribution is -2.26. The maximum absolute atomic E-state index is 9.41. The van der Waals surface area contributed by atoms with Crippen molar-refractivity contribution in [2.75, 3.05) is 13.6 Å². The van der Waals surface area contributed by atoms with Crippen molar-refractivity contribution in [3.05, 3.63) is 41.6 Å². The quantitative estimate of drug-likeness (QED) is 0.897. The summed E-state index contributed by atoms with van der Waals surface area (Å²) < 4.78 is 0. The summed E-state index contributed by atoms with van der Waals surface area (Å²) in [4.78, 5) is 6.67. The molecule has 1 heterocycles. The molecule has 1 aromatic carbocycles. The van der Waals surface area contributed by atoms with E-state index >= 15 is 0 Å². The van der Waals surface area contributed by atoms with E-state index in [1.165, 1.54) is 10.9 Å². The van der Waals surface area contributed by atoms with E-state index in [0.29, 0.717) is 6.54 Å². The van der Waals surface area contributed by atoms with Crippen LogP contribution in [0.5, 0.6) is 0 Å². The third-order valence-electron chi connectivity index (χ3n) is 2.95. The van der Waals surface area contributed by atoms with Crippen molar-refractivity contribution < 1.29 is 5.11 Å². The Kier molecular flexibility index (Phi) is 3.94. The van der Waals surface area contributed by atoms with Crippen molar-refractivity contribution in [2.45, 2.75) is 26.5 Å². The molecule has 0 radical (unpaired) electrons. The fourth-order valence-corrected chi connectivity index (χ4v) is 2.33. The number of aromatic nitrogens is 1. The zero-order chi connectivity index (χ0) is 13.1. The molecule has 0 aliphatic carbocycles. The van der Waals surface area contributed by atoms with E-state index < -0.39 is 0 Å². The summed E-state index contributed by atoms with van der Waals surface area (Å²) in [6.07, 6.45) is -0.302. The molecule has 0 aliphatic heterocycles. The van der Waals surface area contributed by atoms with Gasteiger partial charge in [-0.15, -0.1) is 0 Å². The fraction of sp³-hybridized carbons (Fsp3) is 0.400. The van der Waals surface area contributed by atoms with Crippen LogP contribution in [-0.4, -0.2) is 34.7 Å². The number of hydrogen-bond donors (Lipinski definition) is 1. The van der Waals surface area contributed by atoms with Gasteiger partial charge in [0.25, 0.3) is 0 Å². The van der Waals surface area contributed by atoms with Crippen molar-refractivity contribution >= 4 is 10.9 Å². The Morgan fingerprint density at radius 2 is 2.06 bits per heavy atom. The largest absolute Gasteiger partial charge is 0.392 e. The van der Waals surface area contributed by atoms with Crippen LogP contribution in [-0.2, 0) is 6.54 Å². The number of hydrogen-bond acceptors (Lipinski definition) is 3. The van der Waals surface area contributed by atoms with Crippen molar-refractivity contribution in [3.63, 3.8) is 0 Å². The number of nitrogens with zero attached hydrogens (tertiary/aromatic N) is 2. The average Bonchev–Trinajstić information content (AvgIpc) is 2.27. The van der Waals surface area contributed by atoms with Gasteiger partial charge in [-0.1, -0.05) is 18.2 Å². The van der Waals surface area contributed by atoms with Gasteiger partial charge in [-0.3, -0.25) is 9.88 Å². The summed E-state index contributed by atoms with van der Waals surface area (Å²) in [5.41, 5.74) is 3.34. The molecule has 3 heteroatoms. The van der Waals surface area contributed by atoms with Crippen molar-refractivity contribution in [2.24, 2.45) is 0 Å². The molecule has 0 saturated heterocycles. The summed E-state index contributed by atoms with van der Waals surface area (Å²) in [6, 6.07) is 10.3. The molecule has 18 heavy (non-hydrogen) atoms. The minimum Gasteiger partial charge on any atom is -0.392 e. The summed E-state index contributed by atoms with van der Waals surface area (Å²) in [6.45, 7) is 5.33. The Balaban J connectivity index is 2.32. The van der Waals surface area contributed by atoms with Crippen LogP contribution in [0.3, 0.4) is 0 Å². The first-order valence-corrected chi connectivity index (χ1v) is 6.28. The zero-order valence-electron chi connectivity index (χ0n) is 11.2. The summed E-state index contributed by atoms with van der Waals surface area (Å²) in [5, 5.41) is 10.6. The fourth-order valence-electron chi connectivity index (χ4n) is 2.33. The number of aryl methyl sites for hydroxylation is 1. The van der Waals surface area contributed by atoms with E-state index in [9.17, 15) is 5.11 Å². The van der Waals surface area contributed by atoms with Crippen LogP contribution in [0.2, 0.25) is 0 Å². The predicted octanol–water partition coefficient (Wildman–Crippen LogP) is 2.36. The van der Waals surface area contributed by atoms with Gasteiger partial charge in [0.2, 0.25) is 0 Å². The van der Waals surface area contributed by atoms with Gasteiger partial charge in [-0.05, 0) is 38.6 Å². The molecular weight excluding hydrogens is 224 g/mol. The highest BCUT2D eigenvalue weighted by Crippen LogP contribution is 2.19. The van der Waals surface area contributed by atoms with Gasteiger partial charge in [0.05, 0.1) is 11.6 Å². The zero-order valence-corrected chi connectivity index (χ0v) is 11.2. The van der Waals surface area contributed by atoms with Crippen LogP contribution in [0.4, 0.5) is 0 Å². The minimum atomic E-state index is -0.302. The van der Waals surface area contributed by atoms with Crippen molar-refractivity contribution in [1.29, 1.82) is 0 Å². The standard InChI is InChI=1S/C15H20N2O/c1-11-8-13(10-17(3)9-12(2)18)14-6-4-5-7-15(14)16-11/h4-8,12,18H,9-10H2,1-3H3. The van der Waals surface area contributed by atoms with Gasteiger partial charge in [0.15, 0.2) is 0 Å². The number of para-hydroxylation sites is 1. The summed E-state index contributed by atoms with van der Waals surface area (Å²) in [7, 11) is 2.03. The molecule has 0 saturated carbocycles. The summed E-state index contributed by atoms with van der Waals surface area (Å²) in [5.74, 6) is 0. The van der Waals surface area contributed by atoms with E-state index in [2.05, 4.69) is 22.0 Å². The summed E-state index contributed by atoms with van der Waals surface area (Å²) >= 11 is 0. The number of fused-ring (bicyclic) bond motifs is 1. The van der Waals surface area contributed by atoms with Crippen LogP contribution in [0, 0.1) is 6.92 Å². The first-order chi connectivity index (χ1) is 8.56. The Hall–Kier alpha value is -1.45. The molecule has 3 nitrogen and oxygen atoms in total. The number of likely N-dealkylation sites (N-methyl/N-ethyl adjacent to an activating group) is 1. The monoisotopic (exact) mass is 244 g/mol. The highest BCUT2D eigenvalue weighted by Gasteiger charge is 2.08. The van der Waals surface area contributed by atoms with E-state index in [0.717, 1.165) is 17.8 Å². The minimum absolute atomic E-state index is 0.302. The third-order valence-corrected chi connectivity index (χ3v) is 2.95. The van der Waals surface area contributed by atoms with Gasteiger partial charge in [0, 0.05) is 24.2 Å². The topological polar surface area (TPSA) is 36.4 Å². The van der Waals surface area contributed by atoms with E-state index in [-0.39, 0.29) is 6.10 Å². The SMILES string of the molecule is Cc1cc(CN(C)CC(C)O)c2ccccc2n1. The first-order valence-electron chi connectivity index (χ1n) is 6.28. The molecule has 0 amide bonds. The average molecular weight is 244 g/mol. The van der Waals surface area contributed by atoms with Crippen LogP contribution >= 0.6 is 0 Å². The lowest BCUT2D eigenvalue weighted by atomic mass is 10.1. The lowest BCUT2D eigenvalue weighted by molar-refractivity contribution is 0.138. The molecule has 1 aromatic heterocycles. The Labute approximate surface area is 108 Å². The van der Waals surface area contributed by atoms with Crippen LogP contribution in [0.1, 0.15) is 18.2 Å². The Bertz CT molecular complexity index is 537. The van der Waals surface area contributed by atoms with E-state index in [4.69, 9.17) is 0 Å². The van der Waals surface area contributed by atoms with Crippen molar-refractivity contribution in [3.8, 4) is 0 Å². The van der Waals surface area contributed by atoms with E-state index in [1.807, 2.05) is 39.1 Å². The second-order valence-corrected chi connectivity index (χ2v) is 4.99. The molecule has 0 fully saturated rings. The number of benzene rings is 1. The van der Waals surface area contributed by atoms with Gasteiger partial charge < -0.3 is 5.11 Å². The molecule has 2 rings (SSSR count). The molecular formula is C15H20N2O. The van der Waals surface area contributed by atoms with Crippen LogP contribution in [0.15, 0.2) is 30.3 Å². The number of pyridine rings is 1. The van der Waals surface area contributed by atoms with Gasteiger partial charge in [-0.25, -0.2) is 0 Å². The Morgan fingerprint density at radius 3 is 2.78 bits per heavy atom. The van der Waals surface area contributed by atoms with Gasteiger partial charge >= 0.3 is 0 Å². The van der Waals surface area contributed by atoms with Crippen molar-refractivity contribution in [1.82, 2.24) is 9.88 Å². The first kappa shape index (κ1) is 13.0. The molecule has 1 atom stereocenters. The van der Waals surface area contributed by atoms with Crippen LogP contribution < -0.4 is 0 Å². The molecule has 0 aliphatic rings. The molecule has 1 N–H and O–H groups in total. The second kappa shape index (κ2) is 5.46. The van der Waals surface area contributed by atoms with Gasteiger partial charge in [0.1, 0.15) is 0 Å². The normalized spacial score (nSPS) is 13.2. The molecule has 0 bridgehead atoms. The highest BCUT2D eigenvalue weighted by atomic mass is 16.3. The number of aliphatic hydroxyl groups is 1. The highest BCUT2D eigenvalue weighted by molar-refractivity contribution is 5.82. The molecule has 0 spiro atoms. The molecule has 1 unspecified atom stereocenters. The lowest BCUT2D eigenvalue weighted by Gasteiger charge is -2.19. The second-order valence-electron chi connectivity index (χ2n) is 4.99.